The van der Waals surface area contributed by atoms with E-state index in [1.807, 2.05) is 6.92 Å². The number of carbonyl (C=O) groups is 3. The van der Waals surface area contributed by atoms with Crippen LogP contribution in [0, 0.1) is 0 Å². The first-order valence-corrected chi connectivity index (χ1v) is 10.7. The Morgan fingerprint density at radius 1 is 0.941 bits per heavy atom. The second-order valence-corrected chi connectivity index (χ2v) is 7.28. The van der Waals surface area contributed by atoms with Crippen molar-refractivity contribution in [2.45, 2.75) is 6.92 Å². The van der Waals surface area contributed by atoms with Crippen molar-refractivity contribution < 1.29 is 23.9 Å². The Bertz CT molecular complexity index is 1180. The predicted octanol–water partition coefficient (Wildman–Crippen LogP) is 3.84. The third-order valence-corrected chi connectivity index (χ3v) is 4.75. The molecule has 3 rings (SSSR count). The van der Waals surface area contributed by atoms with Gasteiger partial charge in [-0.3, -0.25) is 9.59 Å². The number of nitrogens with one attached hydrogen (secondary N) is 2. The molecule has 2 amide bonds. The van der Waals surface area contributed by atoms with Gasteiger partial charge in [0.2, 0.25) is 0 Å². The van der Waals surface area contributed by atoms with Crippen LogP contribution in [0.3, 0.4) is 0 Å². The molecule has 0 aliphatic carbocycles. The van der Waals surface area contributed by atoms with Gasteiger partial charge >= 0.3 is 5.97 Å². The van der Waals surface area contributed by atoms with Crippen LogP contribution in [-0.2, 0) is 4.79 Å². The second kappa shape index (κ2) is 12.2. The second-order valence-electron chi connectivity index (χ2n) is 6.87. The molecule has 0 atom stereocenters. The number of halogens is 1. The van der Waals surface area contributed by atoms with Crippen molar-refractivity contribution in [2.24, 2.45) is 5.10 Å². The quantitative estimate of drug-likeness (QED) is 0.210. The maximum Gasteiger partial charge on any atom is 0.343 e. The molecule has 0 heterocycles. The van der Waals surface area contributed by atoms with Crippen LogP contribution in [0.2, 0.25) is 5.02 Å². The minimum Gasteiger partial charge on any atom is -0.494 e. The lowest BCUT2D eigenvalue weighted by Crippen LogP contribution is -2.35. The summed E-state index contributed by atoms with van der Waals surface area (Å²) in [6.45, 7) is 2.17. The molecule has 0 aliphatic heterocycles. The number of hydrogen-bond acceptors (Lipinski definition) is 6. The molecule has 0 fully saturated rings. The molecule has 2 N–H and O–H groups in total. The summed E-state index contributed by atoms with van der Waals surface area (Å²) in [5.41, 5.74) is 3.67. The molecule has 0 unspecified atom stereocenters. The van der Waals surface area contributed by atoms with E-state index in [0.717, 1.165) is 0 Å². The fraction of sp³-hybridized carbons (Fsp3) is 0.120. The van der Waals surface area contributed by atoms with Crippen LogP contribution in [0.5, 0.6) is 11.5 Å². The average molecular weight is 480 g/mol. The fourth-order valence-corrected chi connectivity index (χ4v) is 2.98. The van der Waals surface area contributed by atoms with Gasteiger partial charge in [0, 0.05) is 0 Å². The molecule has 3 aromatic rings. The van der Waals surface area contributed by atoms with Crippen molar-refractivity contribution in [3.63, 3.8) is 0 Å². The van der Waals surface area contributed by atoms with E-state index >= 15 is 0 Å². The maximum absolute atomic E-state index is 12.3. The molecule has 9 heteroatoms. The van der Waals surface area contributed by atoms with Crippen LogP contribution < -0.4 is 20.2 Å². The molecule has 34 heavy (non-hydrogen) atoms. The lowest BCUT2D eigenvalue weighted by atomic mass is 10.2. The summed E-state index contributed by atoms with van der Waals surface area (Å²) < 4.78 is 10.7. The van der Waals surface area contributed by atoms with Gasteiger partial charge in [0.05, 0.1) is 35.5 Å². The molecule has 0 radical (unpaired) electrons. The topological polar surface area (TPSA) is 106 Å². The summed E-state index contributed by atoms with van der Waals surface area (Å²) in [5, 5.41) is 6.62. The first-order chi connectivity index (χ1) is 16.5. The zero-order valence-electron chi connectivity index (χ0n) is 18.3. The highest BCUT2D eigenvalue weighted by atomic mass is 35.5. The Labute approximate surface area is 201 Å². The molecule has 0 aromatic heterocycles. The third kappa shape index (κ3) is 7.18. The van der Waals surface area contributed by atoms with Crippen LogP contribution in [0.1, 0.15) is 33.2 Å². The van der Waals surface area contributed by atoms with E-state index in [4.69, 9.17) is 21.1 Å². The molecule has 174 valence electrons. The Balaban J connectivity index is 1.45. The highest BCUT2D eigenvalue weighted by Gasteiger charge is 2.11. The Morgan fingerprint density at radius 2 is 1.62 bits per heavy atom. The van der Waals surface area contributed by atoms with E-state index in [1.165, 1.54) is 6.21 Å². The SMILES string of the molecule is CCOc1ccc(C(=O)Oc2ccc(/C=N\NC(=O)CNC(=O)c3ccccc3Cl)cc2)cc1. The number of hydrazone groups is 1. The maximum atomic E-state index is 12.3. The number of amides is 2. The van der Waals surface area contributed by atoms with Crippen molar-refractivity contribution in [3.05, 3.63) is 94.5 Å². The lowest BCUT2D eigenvalue weighted by Gasteiger charge is -2.06. The highest BCUT2D eigenvalue weighted by Crippen LogP contribution is 2.17. The summed E-state index contributed by atoms with van der Waals surface area (Å²) >= 11 is 5.95. The molecular weight excluding hydrogens is 458 g/mol. The third-order valence-electron chi connectivity index (χ3n) is 4.42. The van der Waals surface area contributed by atoms with Gasteiger partial charge in [0.25, 0.3) is 11.8 Å². The van der Waals surface area contributed by atoms with Crippen molar-refractivity contribution in [1.82, 2.24) is 10.7 Å². The van der Waals surface area contributed by atoms with Gasteiger partial charge in [0.1, 0.15) is 11.5 Å². The normalized spacial score (nSPS) is 10.5. The molecule has 0 saturated heterocycles. The summed E-state index contributed by atoms with van der Waals surface area (Å²) in [5.74, 6) is -0.409. The van der Waals surface area contributed by atoms with Gasteiger partial charge in [-0.25, -0.2) is 10.2 Å². The van der Waals surface area contributed by atoms with Gasteiger partial charge in [-0.2, -0.15) is 5.10 Å². The fourth-order valence-electron chi connectivity index (χ4n) is 2.76. The van der Waals surface area contributed by atoms with E-state index in [0.29, 0.717) is 34.3 Å². The van der Waals surface area contributed by atoms with E-state index in [9.17, 15) is 14.4 Å². The Hall–Kier alpha value is -4.17. The molecule has 0 saturated carbocycles. The largest absolute Gasteiger partial charge is 0.494 e. The lowest BCUT2D eigenvalue weighted by molar-refractivity contribution is -0.120. The molecule has 0 aliphatic rings. The van der Waals surface area contributed by atoms with Crippen molar-refractivity contribution in [1.29, 1.82) is 0 Å². The van der Waals surface area contributed by atoms with E-state index < -0.39 is 17.8 Å². The first kappa shape index (κ1) is 24.5. The van der Waals surface area contributed by atoms with Crippen LogP contribution in [0.25, 0.3) is 0 Å². The summed E-state index contributed by atoms with van der Waals surface area (Å²) in [4.78, 5) is 36.2. The Morgan fingerprint density at radius 3 is 2.29 bits per heavy atom. The van der Waals surface area contributed by atoms with Crippen LogP contribution in [-0.4, -0.2) is 37.1 Å². The number of benzene rings is 3. The smallest absolute Gasteiger partial charge is 0.343 e. The molecule has 0 bridgehead atoms. The number of carbonyl (C=O) groups excluding carboxylic acids is 3. The summed E-state index contributed by atoms with van der Waals surface area (Å²) in [6.07, 6.45) is 1.42. The van der Waals surface area contributed by atoms with Crippen LogP contribution in [0.15, 0.2) is 77.9 Å². The number of rotatable bonds is 9. The predicted molar refractivity (Wildman–Crippen MR) is 129 cm³/mol. The summed E-state index contributed by atoms with van der Waals surface area (Å²) in [7, 11) is 0. The van der Waals surface area contributed by atoms with Gasteiger partial charge in [-0.15, -0.1) is 0 Å². The van der Waals surface area contributed by atoms with Gasteiger partial charge in [-0.05, 0) is 73.2 Å². The van der Waals surface area contributed by atoms with Crippen LogP contribution >= 0.6 is 11.6 Å². The minimum atomic E-state index is -0.502. The van der Waals surface area contributed by atoms with Gasteiger partial charge < -0.3 is 14.8 Å². The number of esters is 1. The molecule has 3 aromatic carbocycles. The first-order valence-electron chi connectivity index (χ1n) is 10.4. The monoisotopic (exact) mass is 479 g/mol. The molecule has 8 nitrogen and oxygen atoms in total. The zero-order chi connectivity index (χ0) is 24.3. The number of nitrogens with zero attached hydrogens (tertiary/aromatic N) is 1. The van der Waals surface area contributed by atoms with E-state index in [-0.39, 0.29) is 12.1 Å². The zero-order valence-corrected chi connectivity index (χ0v) is 19.0. The van der Waals surface area contributed by atoms with Gasteiger partial charge in [-0.1, -0.05) is 23.7 Å². The van der Waals surface area contributed by atoms with E-state index in [1.54, 1.807) is 72.8 Å². The summed E-state index contributed by atoms with van der Waals surface area (Å²) in [6, 6.07) is 19.8. The number of hydrogen-bond donors (Lipinski definition) is 2. The van der Waals surface area contributed by atoms with Crippen molar-refractivity contribution >= 4 is 35.6 Å². The van der Waals surface area contributed by atoms with Crippen molar-refractivity contribution in [2.75, 3.05) is 13.2 Å². The van der Waals surface area contributed by atoms with E-state index in [2.05, 4.69) is 15.8 Å². The highest BCUT2D eigenvalue weighted by molar-refractivity contribution is 6.33. The number of ether oxygens (including phenoxy) is 2. The van der Waals surface area contributed by atoms with Crippen LogP contribution in [0.4, 0.5) is 0 Å². The minimum absolute atomic E-state index is 0.262. The van der Waals surface area contributed by atoms with Crippen molar-refractivity contribution in [3.8, 4) is 11.5 Å². The standard InChI is InChI=1S/C25H22ClN3O5/c1-2-33-19-13-9-18(10-14-19)25(32)34-20-11-7-17(8-12-20)15-28-29-23(30)16-27-24(31)21-5-3-4-6-22(21)26/h3-15H,2,16H2,1H3,(H,27,31)(H,29,30)/b28-15-. The average Bonchev–Trinajstić information content (AvgIpc) is 2.84. The van der Waals surface area contributed by atoms with Gasteiger partial charge in [0.15, 0.2) is 0 Å². The Kier molecular flexibility index (Phi) is 8.76. The molecule has 0 spiro atoms. The molecular formula is C25H22ClN3O5.